The van der Waals surface area contributed by atoms with Gasteiger partial charge in [-0.25, -0.2) is 0 Å². The Balaban J connectivity index is 1.58. The number of hydrogen-bond donors (Lipinski definition) is 1. The normalized spacial score (nSPS) is 20.1. The Bertz CT molecular complexity index is 622. The van der Waals surface area contributed by atoms with Crippen LogP contribution in [-0.2, 0) is 11.3 Å². The summed E-state index contributed by atoms with van der Waals surface area (Å²) in [5.74, 6) is 2.60. The molecule has 3 rings (SSSR count). The summed E-state index contributed by atoms with van der Waals surface area (Å²) in [5, 5.41) is 3.49. The molecule has 0 radical (unpaired) electrons. The Kier molecular flexibility index (Phi) is 5.72. The van der Waals surface area contributed by atoms with E-state index in [1.54, 1.807) is 14.2 Å². The van der Waals surface area contributed by atoms with E-state index >= 15 is 0 Å². The molecule has 1 N–H and O–H groups in total. The van der Waals surface area contributed by atoms with Crippen LogP contribution < -0.4 is 14.8 Å². The summed E-state index contributed by atoms with van der Waals surface area (Å²) >= 11 is 0. The van der Waals surface area contributed by atoms with E-state index in [-0.39, 0.29) is 0 Å². The van der Waals surface area contributed by atoms with Gasteiger partial charge in [0.2, 0.25) is 0 Å². The molecule has 4 heteroatoms. The average Bonchev–Trinajstić information content (AvgIpc) is 3.10. The highest BCUT2D eigenvalue weighted by atomic mass is 16.5. The summed E-state index contributed by atoms with van der Waals surface area (Å²) in [4.78, 5) is 0. The second-order valence-corrected chi connectivity index (χ2v) is 6.17. The quantitative estimate of drug-likeness (QED) is 0.847. The molecule has 2 unspecified atom stereocenters. The van der Waals surface area contributed by atoms with Crippen LogP contribution in [0.4, 0.5) is 0 Å². The van der Waals surface area contributed by atoms with Crippen LogP contribution in [0.15, 0.2) is 48.5 Å². The highest BCUT2D eigenvalue weighted by Crippen LogP contribution is 2.29. The Morgan fingerprint density at radius 1 is 0.958 bits per heavy atom. The van der Waals surface area contributed by atoms with Gasteiger partial charge in [0.15, 0.2) is 0 Å². The van der Waals surface area contributed by atoms with E-state index in [0.717, 1.165) is 36.8 Å². The van der Waals surface area contributed by atoms with E-state index in [4.69, 9.17) is 14.2 Å². The second-order valence-electron chi connectivity index (χ2n) is 6.17. The molecule has 0 amide bonds. The molecule has 2 atom stereocenters. The largest absolute Gasteiger partial charge is 0.497 e. The van der Waals surface area contributed by atoms with E-state index in [1.165, 1.54) is 5.56 Å². The Labute approximate surface area is 143 Å². The topological polar surface area (TPSA) is 39.7 Å². The average molecular weight is 327 g/mol. The molecule has 0 bridgehead atoms. The molecule has 0 spiro atoms. The van der Waals surface area contributed by atoms with Gasteiger partial charge in [-0.1, -0.05) is 30.3 Å². The molecular formula is C20H25NO3. The van der Waals surface area contributed by atoms with Gasteiger partial charge in [0, 0.05) is 31.0 Å². The van der Waals surface area contributed by atoms with Crippen LogP contribution in [0.25, 0.3) is 0 Å². The van der Waals surface area contributed by atoms with Crippen LogP contribution in [0.2, 0.25) is 0 Å². The Hall–Kier alpha value is -2.04. The number of ether oxygens (including phenoxy) is 3. The SMILES string of the molecule is COc1cc(COCC2CNCC2c2ccccc2)cc(OC)c1. The van der Waals surface area contributed by atoms with Crippen molar-refractivity contribution in [2.24, 2.45) is 5.92 Å². The van der Waals surface area contributed by atoms with Crippen LogP contribution >= 0.6 is 0 Å². The van der Waals surface area contributed by atoms with Crippen LogP contribution in [0.5, 0.6) is 11.5 Å². The predicted molar refractivity (Wildman–Crippen MR) is 94.7 cm³/mol. The zero-order valence-electron chi connectivity index (χ0n) is 14.3. The molecule has 1 aliphatic rings. The maximum absolute atomic E-state index is 6.00. The van der Waals surface area contributed by atoms with Gasteiger partial charge >= 0.3 is 0 Å². The first kappa shape index (κ1) is 16.8. The minimum absolute atomic E-state index is 0.500. The number of rotatable bonds is 7. The van der Waals surface area contributed by atoms with Crippen LogP contribution in [-0.4, -0.2) is 33.9 Å². The first-order valence-electron chi connectivity index (χ1n) is 8.35. The molecule has 2 aromatic carbocycles. The lowest BCUT2D eigenvalue weighted by Crippen LogP contribution is -2.17. The zero-order valence-corrected chi connectivity index (χ0v) is 14.3. The van der Waals surface area contributed by atoms with E-state index in [9.17, 15) is 0 Å². The van der Waals surface area contributed by atoms with E-state index < -0.39 is 0 Å². The van der Waals surface area contributed by atoms with Crippen molar-refractivity contribution in [3.05, 3.63) is 59.7 Å². The smallest absolute Gasteiger partial charge is 0.122 e. The van der Waals surface area contributed by atoms with E-state index in [1.807, 2.05) is 18.2 Å². The van der Waals surface area contributed by atoms with Crippen molar-refractivity contribution in [2.45, 2.75) is 12.5 Å². The molecule has 0 aromatic heterocycles. The van der Waals surface area contributed by atoms with E-state index in [2.05, 4.69) is 35.6 Å². The molecule has 24 heavy (non-hydrogen) atoms. The van der Waals surface area contributed by atoms with E-state index in [0.29, 0.717) is 18.4 Å². The Morgan fingerprint density at radius 3 is 2.33 bits per heavy atom. The van der Waals surface area contributed by atoms with Crippen LogP contribution in [0, 0.1) is 5.92 Å². The van der Waals surface area contributed by atoms with Crippen LogP contribution in [0.1, 0.15) is 17.0 Å². The third-order valence-electron chi connectivity index (χ3n) is 4.58. The lowest BCUT2D eigenvalue weighted by atomic mass is 9.89. The van der Waals surface area contributed by atoms with Gasteiger partial charge in [-0.15, -0.1) is 0 Å². The molecule has 0 aliphatic carbocycles. The summed E-state index contributed by atoms with van der Waals surface area (Å²) in [6, 6.07) is 16.5. The van der Waals surface area contributed by atoms with Crippen molar-refractivity contribution in [2.75, 3.05) is 33.9 Å². The van der Waals surface area contributed by atoms with Crippen molar-refractivity contribution >= 4 is 0 Å². The second kappa shape index (κ2) is 8.18. The van der Waals surface area contributed by atoms with Crippen molar-refractivity contribution in [1.29, 1.82) is 0 Å². The molecule has 128 valence electrons. The lowest BCUT2D eigenvalue weighted by Gasteiger charge is -2.19. The summed E-state index contributed by atoms with van der Waals surface area (Å²) in [6.07, 6.45) is 0. The zero-order chi connectivity index (χ0) is 16.8. The summed E-state index contributed by atoms with van der Waals surface area (Å²) < 4.78 is 16.6. The van der Waals surface area contributed by atoms with Crippen molar-refractivity contribution in [1.82, 2.24) is 5.32 Å². The van der Waals surface area contributed by atoms with Crippen molar-refractivity contribution in [3.8, 4) is 11.5 Å². The maximum Gasteiger partial charge on any atom is 0.122 e. The standard InChI is InChI=1S/C20H25NO3/c1-22-18-8-15(9-19(10-18)23-2)13-24-14-17-11-21-12-20(17)16-6-4-3-5-7-16/h3-10,17,20-21H,11-14H2,1-2H3. The number of hydrogen-bond acceptors (Lipinski definition) is 4. The highest BCUT2D eigenvalue weighted by Gasteiger charge is 2.28. The minimum atomic E-state index is 0.500. The predicted octanol–water partition coefficient (Wildman–Crippen LogP) is 3.22. The minimum Gasteiger partial charge on any atom is -0.497 e. The summed E-state index contributed by atoms with van der Waals surface area (Å²) in [5.41, 5.74) is 2.45. The van der Waals surface area contributed by atoms with Gasteiger partial charge in [0.1, 0.15) is 11.5 Å². The molecular weight excluding hydrogens is 302 g/mol. The number of nitrogens with one attached hydrogen (secondary N) is 1. The molecule has 1 saturated heterocycles. The molecule has 0 saturated carbocycles. The monoisotopic (exact) mass is 327 g/mol. The fraction of sp³-hybridized carbons (Fsp3) is 0.400. The molecule has 1 heterocycles. The molecule has 1 fully saturated rings. The molecule has 4 nitrogen and oxygen atoms in total. The summed E-state index contributed by atoms with van der Waals surface area (Å²) in [6.45, 7) is 3.32. The van der Waals surface area contributed by atoms with Crippen molar-refractivity contribution in [3.63, 3.8) is 0 Å². The highest BCUT2D eigenvalue weighted by molar-refractivity contribution is 5.38. The van der Waals surface area contributed by atoms with Gasteiger partial charge in [0.05, 0.1) is 27.4 Å². The van der Waals surface area contributed by atoms with Crippen molar-refractivity contribution < 1.29 is 14.2 Å². The number of methoxy groups -OCH3 is 2. The first-order valence-corrected chi connectivity index (χ1v) is 8.35. The fourth-order valence-electron chi connectivity index (χ4n) is 3.28. The van der Waals surface area contributed by atoms with Gasteiger partial charge in [-0.05, 0) is 23.3 Å². The van der Waals surface area contributed by atoms with Gasteiger partial charge in [0.25, 0.3) is 0 Å². The Morgan fingerprint density at radius 2 is 1.67 bits per heavy atom. The molecule has 1 aliphatic heterocycles. The first-order chi connectivity index (χ1) is 11.8. The van der Waals surface area contributed by atoms with Gasteiger partial charge in [-0.2, -0.15) is 0 Å². The summed E-state index contributed by atoms with van der Waals surface area (Å²) in [7, 11) is 3.32. The number of benzene rings is 2. The third-order valence-corrected chi connectivity index (χ3v) is 4.58. The van der Waals surface area contributed by atoms with Crippen LogP contribution in [0.3, 0.4) is 0 Å². The molecule has 2 aromatic rings. The lowest BCUT2D eigenvalue weighted by molar-refractivity contribution is 0.0875. The third kappa shape index (κ3) is 4.08. The fourth-order valence-corrected chi connectivity index (χ4v) is 3.28. The van der Waals surface area contributed by atoms with Gasteiger partial charge < -0.3 is 19.5 Å². The van der Waals surface area contributed by atoms with Gasteiger partial charge in [-0.3, -0.25) is 0 Å². The maximum atomic E-state index is 6.00.